The first-order valence-electron chi connectivity index (χ1n) is 17.9. The minimum absolute atomic E-state index is 0.643. The molecule has 0 spiro atoms. The molecule has 0 aliphatic heterocycles. The molecule has 5 heterocycles. The van der Waals surface area contributed by atoms with Crippen LogP contribution in [0.25, 0.3) is 100 Å². The van der Waals surface area contributed by atoms with Gasteiger partial charge in [0.1, 0.15) is 5.58 Å². The summed E-state index contributed by atoms with van der Waals surface area (Å²) in [4.78, 5) is 9.64. The minimum Gasteiger partial charge on any atom is -0.437 e. The molecule has 7 heteroatoms. The number of H-pyrrole nitrogens is 2. The van der Waals surface area contributed by atoms with Crippen molar-refractivity contribution < 1.29 is 4.42 Å². The lowest BCUT2D eigenvalue weighted by molar-refractivity contribution is 0.653. The Morgan fingerprint density at radius 3 is 1.46 bits per heavy atom. The molecule has 0 saturated carbocycles. The summed E-state index contributed by atoms with van der Waals surface area (Å²) in [6.45, 7) is 1.98. The second-order valence-electron chi connectivity index (χ2n) is 13.4. The zero-order valence-corrected chi connectivity index (χ0v) is 29.3. The average molecular weight is 697 g/mol. The highest BCUT2D eigenvalue weighted by Crippen LogP contribution is 2.42. The minimum atomic E-state index is 0.643. The van der Waals surface area contributed by atoms with Crippen LogP contribution in [-0.2, 0) is 0 Å². The Hall–Kier alpha value is -7.38. The van der Waals surface area contributed by atoms with Gasteiger partial charge in [-0.3, -0.25) is 15.2 Å². The highest BCUT2D eigenvalue weighted by Gasteiger charge is 2.18. The summed E-state index contributed by atoms with van der Waals surface area (Å²) in [7, 11) is 0. The van der Waals surface area contributed by atoms with E-state index in [1.54, 1.807) is 0 Å². The molecule has 0 amide bonds. The van der Waals surface area contributed by atoms with Crippen LogP contribution in [0.15, 0.2) is 169 Å². The number of aromatic nitrogens is 6. The Bertz CT molecular complexity index is 2850. The Morgan fingerprint density at radius 1 is 0.444 bits per heavy atom. The fourth-order valence-electron chi connectivity index (χ4n) is 7.54. The van der Waals surface area contributed by atoms with E-state index >= 15 is 0 Å². The van der Waals surface area contributed by atoms with Crippen molar-refractivity contribution in [3.05, 3.63) is 170 Å². The number of rotatable bonds is 7. The lowest BCUT2D eigenvalue weighted by Crippen LogP contribution is -1.92. The maximum Gasteiger partial charge on any atom is 0.227 e. The van der Waals surface area contributed by atoms with E-state index in [9.17, 15) is 0 Å². The zero-order valence-electron chi connectivity index (χ0n) is 29.3. The number of furan rings is 1. The number of benzene rings is 5. The quantitative estimate of drug-likeness (QED) is 0.173. The maximum absolute atomic E-state index is 6.31. The first kappa shape index (κ1) is 31.4. The summed E-state index contributed by atoms with van der Waals surface area (Å²) >= 11 is 0. The number of pyridine rings is 2. The summed E-state index contributed by atoms with van der Waals surface area (Å²) in [5.41, 5.74) is 17.2. The van der Waals surface area contributed by atoms with E-state index in [0.29, 0.717) is 5.71 Å². The maximum atomic E-state index is 6.31. The Balaban J connectivity index is 1.12. The van der Waals surface area contributed by atoms with Gasteiger partial charge in [0, 0.05) is 57.3 Å². The first-order valence-corrected chi connectivity index (χ1v) is 17.9. The molecule has 0 aliphatic carbocycles. The van der Waals surface area contributed by atoms with Gasteiger partial charge in [-0.05, 0) is 99.5 Å². The summed E-state index contributed by atoms with van der Waals surface area (Å²) in [5.74, 6) is 0. The predicted octanol–water partition coefficient (Wildman–Crippen LogP) is 11.8. The second kappa shape index (κ2) is 13.0. The standard InChI is InChI=1S/C47H32N6O/c1-29-17-19-43-42-15-8-16-44(46(42)54-47(43)53-29)45-20-18-30(24-48-45)36-9-2-3-10-37(36)31-21-32(38-11-4-6-13-40(38)34-25-49-50-26-34)23-33(22-31)39-12-5-7-14-41(39)35-27-51-52-28-35/h2-28H,1H3,(H,49,50)(H,51,52). The van der Waals surface area contributed by atoms with Crippen molar-refractivity contribution in [3.8, 4) is 78.0 Å². The smallest absolute Gasteiger partial charge is 0.227 e. The van der Waals surface area contributed by atoms with E-state index in [1.807, 2.05) is 44.0 Å². The van der Waals surface area contributed by atoms with Gasteiger partial charge in [-0.15, -0.1) is 0 Å². The van der Waals surface area contributed by atoms with Gasteiger partial charge in [0.25, 0.3) is 0 Å². The van der Waals surface area contributed by atoms with Gasteiger partial charge in [-0.1, -0.05) is 91.0 Å². The number of hydrogen-bond acceptors (Lipinski definition) is 5. The summed E-state index contributed by atoms with van der Waals surface area (Å²) in [5, 5.41) is 16.5. The van der Waals surface area contributed by atoms with Crippen LogP contribution in [0.1, 0.15) is 5.69 Å². The molecule has 54 heavy (non-hydrogen) atoms. The van der Waals surface area contributed by atoms with Crippen molar-refractivity contribution in [2.75, 3.05) is 0 Å². The van der Waals surface area contributed by atoms with Crippen LogP contribution in [0.4, 0.5) is 0 Å². The molecule has 0 bridgehead atoms. The molecule has 0 fully saturated rings. The number of aryl methyl sites for hydroxylation is 1. The molecular weight excluding hydrogens is 665 g/mol. The fourth-order valence-corrected chi connectivity index (χ4v) is 7.54. The third-order valence-corrected chi connectivity index (χ3v) is 10.1. The molecule has 7 nitrogen and oxygen atoms in total. The van der Waals surface area contributed by atoms with Crippen molar-refractivity contribution >= 4 is 22.1 Å². The van der Waals surface area contributed by atoms with Gasteiger partial charge in [-0.25, -0.2) is 4.98 Å². The number of nitrogens with zero attached hydrogens (tertiary/aromatic N) is 4. The first-order chi connectivity index (χ1) is 26.7. The van der Waals surface area contributed by atoms with Gasteiger partial charge in [0.15, 0.2) is 0 Å². The van der Waals surface area contributed by atoms with Crippen LogP contribution in [-0.4, -0.2) is 30.4 Å². The van der Waals surface area contributed by atoms with Gasteiger partial charge in [-0.2, -0.15) is 10.2 Å². The molecule has 0 aliphatic rings. The molecule has 10 aromatic rings. The molecular formula is C47H32N6O. The molecule has 0 saturated heterocycles. The van der Waals surface area contributed by atoms with Crippen LogP contribution in [0, 0.1) is 6.92 Å². The Morgan fingerprint density at radius 2 is 0.963 bits per heavy atom. The van der Waals surface area contributed by atoms with Crippen LogP contribution < -0.4 is 0 Å². The SMILES string of the molecule is Cc1ccc2c(n1)oc1c(-c3ccc(-c4ccccc4-c4cc(-c5ccccc5-c5cn[nH]c5)cc(-c5ccccc5-c5cn[nH]c5)c4)cn3)cccc12. The molecule has 5 aromatic heterocycles. The Labute approximate surface area is 311 Å². The lowest BCUT2D eigenvalue weighted by atomic mass is 9.87. The highest BCUT2D eigenvalue weighted by molar-refractivity contribution is 6.08. The number of para-hydroxylation sites is 1. The van der Waals surface area contributed by atoms with Gasteiger partial charge >= 0.3 is 0 Å². The molecule has 0 atom stereocenters. The van der Waals surface area contributed by atoms with Crippen molar-refractivity contribution in [2.45, 2.75) is 6.92 Å². The van der Waals surface area contributed by atoms with Crippen LogP contribution in [0.2, 0.25) is 0 Å². The van der Waals surface area contributed by atoms with Crippen molar-refractivity contribution in [2.24, 2.45) is 0 Å². The lowest BCUT2D eigenvalue weighted by Gasteiger charge is -2.17. The van der Waals surface area contributed by atoms with E-state index in [0.717, 1.165) is 100 Å². The van der Waals surface area contributed by atoms with E-state index in [1.165, 1.54) is 0 Å². The predicted molar refractivity (Wildman–Crippen MR) is 216 cm³/mol. The second-order valence-corrected chi connectivity index (χ2v) is 13.4. The molecule has 256 valence electrons. The number of nitrogens with one attached hydrogen (secondary N) is 2. The molecule has 5 aromatic carbocycles. The number of fused-ring (bicyclic) bond motifs is 3. The van der Waals surface area contributed by atoms with E-state index in [-0.39, 0.29) is 0 Å². The van der Waals surface area contributed by atoms with Crippen LogP contribution in [0.5, 0.6) is 0 Å². The summed E-state index contributed by atoms with van der Waals surface area (Å²) < 4.78 is 6.31. The van der Waals surface area contributed by atoms with Crippen molar-refractivity contribution in [1.82, 2.24) is 30.4 Å². The van der Waals surface area contributed by atoms with Crippen molar-refractivity contribution in [3.63, 3.8) is 0 Å². The zero-order chi connectivity index (χ0) is 36.0. The normalized spacial score (nSPS) is 11.4. The molecule has 10 rings (SSSR count). The number of hydrogen-bond donors (Lipinski definition) is 2. The van der Waals surface area contributed by atoms with Gasteiger partial charge in [0.2, 0.25) is 5.71 Å². The van der Waals surface area contributed by atoms with Crippen molar-refractivity contribution in [1.29, 1.82) is 0 Å². The van der Waals surface area contributed by atoms with Crippen LogP contribution >= 0.6 is 0 Å². The summed E-state index contributed by atoms with van der Waals surface area (Å²) in [6.07, 6.45) is 9.59. The third-order valence-electron chi connectivity index (χ3n) is 10.1. The van der Waals surface area contributed by atoms with Gasteiger partial charge < -0.3 is 4.42 Å². The highest BCUT2D eigenvalue weighted by atomic mass is 16.3. The van der Waals surface area contributed by atoms with Crippen LogP contribution in [0.3, 0.4) is 0 Å². The largest absolute Gasteiger partial charge is 0.437 e. The van der Waals surface area contributed by atoms with E-state index in [4.69, 9.17) is 9.40 Å². The third kappa shape index (κ3) is 5.47. The average Bonchev–Trinajstić information content (AvgIpc) is 4.03. The topological polar surface area (TPSA) is 96.3 Å². The fraction of sp³-hybridized carbons (Fsp3) is 0.0213. The van der Waals surface area contributed by atoms with E-state index in [2.05, 4.69) is 153 Å². The number of aromatic amines is 2. The summed E-state index contributed by atoms with van der Waals surface area (Å²) in [6, 6.07) is 46.9. The molecule has 0 radical (unpaired) electrons. The van der Waals surface area contributed by atoms with E-state index < -0.39 is 0 Å². The molecule has 0 unspecified atom stereocenters. The molecule has 2 N–H and O–H groups in total. The monoisotopic (exact) mass is 696 g/mol. The van der Waals surface area contributed by atoms with Gasteiger partial charge in [0.05, 0.1) is 18.1 Å². The Kier molecular flexibility index (Phi) is 7.54.